The minimum Gasteiger partial charge on any atom is -0.508 e. The number of rotatable bonds is 9. The second-order valence-electron chi connectivity index (χ2n) is 13.4. The van der Waals surface area contributed by atoms with Crippen molar-refractivity contribution in [2.24, 2.45) is 11.8 Å². The van der Waals surface area contributed by atoms with Gasteiger partial charge in [0.15, 0.2) is 6.29 Å². The Hall–Kier alpha value is -4.85. The maximum absolute atomic E-state index is 13.9. The zero-order chi connectivity index (χ0) is 33.4. The molecule has 2 aliphatic rings. The first-order valence-corrected chi connectivity index (χ1v) is 15.7. The summed E-state index contributed by atoms with van der Waals surface area (Å²) in [4.78, 5) is 43.0. The lowest BCUT2D eigenvalue weighted by Gasteiger charge is -2.44. The highest BCUT2D eigenvalue weighted by Crippen LogP contribution is 2.40. The van der Waals surface area contributed by atoms with Gasteiger partial charge in [-0.25, -0.2) is 0 Å². The lowest BCUT2D eigenvalue weighted by Crippen LogP contribution is -2.68. The zero-order valence-corrected chi connectivity index (χ0v) is 27.2. The van der Waals surface area contributed by atoms with Gasteiger partial charge in [0.2, 0.25) is 0 Å². The van der Waals surface area contributed by atoms with Crippen LogP contribution in [0, 0.1) is 11.8 Å². The molecule has 8 heteroatoms. The van der Waals surface area contributed by atoms with Crippen LogP contribution in [0.5, 0.6) is 11.5 Å². The van der Waals surface area contributed by atoms with Crippen molar-refractivity contribution >= 4 is 35.1 Å². The number of aldehydes is 1. The summed E-state index contributed by atoms with van der Waals surface area (Å²) in [6.45, 7) is 13.9. The van der Waals surface area contributed by atoms with E-state index in [9.17, 15) is 24.6 Å². The number of benzene rings is 2. The van der Waals surface area contributed by atoms with Crippen molar-refractivity contribution in [3.05, 3.63) is 100 Å². The molecule has 1 fully saturated rings. The number of nitrogens with one attached hydrogen (secondary N) is 3. The molecule has 2 heterocycles. The number of amides is 2. The topological polar surface area (TPSA) is 132 Å². The van der Waals surface area contributed by atoms with E-state index in [0.717, 1.165) is 27.7 Å². The number of piperazine rings is 1. The number of phenolic OH excluding ortho intramolecular Hbond substituents is 2. The van der Waals surface area contributed by atoms with Crippen molar-refractivity contribution in [1.29, 1.82) is 0 Å². The van der Waals surface area contributed by atoms with Crippen LogP contribution in [-0.4, -0.2) is 38.8 Å². The highest BCUT2D eigenvalue weighted by atomic mass is 16.3. The maximum Gasteiger partial charge on any atom is 0.268 e. The van der Waals surface area contributed by atoms with E-state index in [-0.39, 0.29) is 46.4 Å². The molecular weight excluding hydrogens is 578 g/mol. The quantitative estimate of drug-likeness (QED) is 0.0802. The number of H-pyrrole nitrogens is 1. The molecule has 240 valence electrons. The predicted molar refractivity (Wildman–Crippen MR) is 182 cm³/mol. The first-order valence-electron chi connectivity index (χ1n) is 15.7. The highest BCUT2D eigenvalue weighted by molar-refractivity contribution is 6.10. The van der Waals surface area contributed by atoms with Crippen LogP contribution in [-0.2, 0) is 27.8 Å². The summed E-state index contributed by atoms with van der Waals surface area (Å²) in [5.41, 5.74) is 3.21. The number of phenols is 2. The number of carbonyl (C=O) groups excluding carboxylic acids is 3. The number of hydrogen-bond donors (Lipinski definition) is 5. The number of allylic oxidation sites excluding steroid dienone is 4. The Morgan fingerprint density at radius 1 is 1.13 bits per heavy atom. The molecule has 0 bridgehead atoms. The van der Waals surface area contributed by atoms with Crippen molar-refractivity contribution in [1.82, 2.24) is 15.6 Å². The number of para-hydroxylation sites is 1. The Morgan fingerprint density at radius 3 is 2.57 bits per heavy atom. The van der Waals surface area contributed by atoms with E-state index in [1.54, 1.807) is 6.08 Å². The van der Waals surface area contributed by atoms with Gasteiger partial charge in [-0.1, -0.05) is 68.8 Å². The van der Waals surface area contributed by atoms with Crippen LogP contribution in [0.3, 0.4) is 0 Å². The van der Waals surface area contributed by atoms with Crippen LogP contribution in [0.25, 0.3) is 17.0 Å². The second kappa shape index (κ2) is 12.5. The van der Waals surface area contributed by atoms with Crippen LogP contribution >= 0.6 is 0 Å². The minimum absolute atomic E-state index is 0.0466. The minimum atomic E-state index is -1.16. The fraction of sp³-hybridized carbons (Fsp3) is 0.342. The number of aromatic nitrogens is 1. The molecule has 1 aliphatic carbocycles. The molecule has 46 heavy (non-hydrogen) atoms. The van der Waals surface area contributed by atoms with Gasteiger partial charge in [-0.3, -0.25) is 14.4 Å². The molecule has 1 aliphatic heterocycles. The molecule has 0 saturated carbocycles. The van der Waals surface area contributed by atoms with Crippen molar-refractivity contribution in [3.8, 4) is 11.5 Å². The van der Waals surface area contributed by atoms with Gasteiger partial charge in [0, 0.05) is 44.6 Å². The van der Waals surface area contributed by atoms with E-state index in [1.807, 2.05) is 83.2 Å². The third kappa shape index (κ3) is 5.91. The molecule has 3 aromatic rings. The standard InChI is InChI=1S/C38H43N3O5/c1-7-37(5,6)34-28(26-10-8-9-11-30(26)39-34)19-31-35(45)41-38(36(46)40-31)20-24(14-13-23(38)4)15-17-27-29(21-42)33(44)25(18-32(27)43)16-12-22(2)3/h7-14,18-19,21,23-24,39,43-44H,1,15-17,20H2,2-6H3,(H,40,46)(H,41,45)/b31-19-/t23-,24-,38+/m1/s1. The number of carbonyl (C=O) groups is 3. The van der Waals surface area contributed by atoms with E-state index in [1.165, 1.54) is 6.07 Å². The largest absolute Gasteiger partial charge is 0.508 e. The Labute approximate surface area is 270 Å². The average molecular weight is 622 g/mol. The number of aromatic hydroxyl groups is 2. The Kier molecular flexibility index (Phi) is 8.85. The van der Waals surface area contributed by atoms with E-state index in [0.29, 0.717) is 43.1 Å². The molecule has 3 atom stereocenters. The molecule has 1 saturated heterocycles. The van der Waals surface area contributed by atoms with Gasteiger partial charge in [0.1, 0.15) is 22.7 Å². The van der Waals surface area contributed by atoms with Crippen molar-refractivity contribution in [3.63, 3.8) is 0 Å². The molecule has 5 N–H and O–H groups in total. The average Bonchev–Trinajstić information content (AvgIpc) is 3.40. The molecule has 5 rings (SSSR count). The van der Waals surface area contributed by atoms with E-state index >= 15 is 0 Å². The Bertz CT molecular complexity index is 1820. The molecule has 1 spiro atoms. The molecule has 1 aromatic heterocycles. The molecule has 2 amide bonds. The van der Waals surface area contributed by atoms with Crippen molar-refractivity contribution in [2.75, 3.05) is 0 Å². The Morgan fingerprint density at radius 2 is 1.87 bits per heavy atom. The summed E-state index contributed by atoms with van der Waals surface area (Å²) in [6, 6.07) is 9.34. The number of fused-ring (bicyclic) bond motifs is 1. The van der Waals surface area contributed by atoms with Gasteiger partial charge in [-0.2, -0.15) is 0 Å². The zero-order valence-electron chi connectivity index (χ0n) is 27.2. The second-order valence-corrected chi connectivity index (χ2v) is 13.4. The number of hydrogen-bond acceptors (Lipinski definition) is 5. The lowest BCUT2D eigenvalue weighted by molar-refractivity contribution is -0.138. The fourth-order valence-corrected chi connectivity index (χ4v) is 6.57. The summed E-state index contributed by atoms with van der Waals surface area (Å²) in [5.74, 6) is -1.23. The van der Waals surface area contributed by atoms with Crippen LogP contribution in [0.15, 0.2) is 72.5 Å². The van der Waals surface area contributed by atoms with Crippen LogP contribution < -0.4 is 10.6 Å². The first-order chi connectivity index (χ1) is 21.8. The molecule has 0 radical (unpaired) electrons. The first kappa shape index (κ1) is 32.5. The summed E-state index contributed by atoms with van der Waals surface area (Å²) in [5, 5.41) is 28.5. The predicted octanol–water partition coefficient (Wildman–Crippen LogP) is 6.53. The van der Waals surface area contributed by atoms with Crippen molar-refractivity contribution in [2.45, 2.75) is 71.3 Å². The molecule has 8 nitrogen and oxygen atoms in total. The summed E-state index contributed by atoms with van der Waals surface area (Å²) < 4.78 is 0. The van der Waals surface area contributed by atoms with Crippen molar-refractivity contribution < 1.29 is 24.6 Å². The monoisotopic (exact) mass is 621 g/mol. The van der Waals surface area contributed by atoms with Gasteiger partial charge in [0.25, 0.3) is 11.8 Å². The highest BCUT2D eigenvalue weighted by Gasteiger charge is 2.50. The van der Waals surface area contributed by atoms with E-state index < -0.39 is 11.0 Å². The van der Waals surface area contributed by atoms with Gasteiger partial charge < -0.3 is 25.8 Å². The fourth-order valence-electron chi connectivity index (χ4n) is 6.57. The summed E-state index contributed by atoms with van der Waals surface area (Å²) >= 11 is 0. The van der Waals surface area contributed by atoms with E-state index in [4.69, 9.17) is 0 Å². The van der Waals surface area contributed by atoms with Crippen LogP contribution in [0.1, 0.15) is 80.2 Å². The van der Waals surface area contributed by atoms with Gasteiger partial charge in [-0.15, -0.1) is 6.58 Å². The van der Waals surface area contributed by atoms with Crippen LogP contribution in [0.2, 0.25) is 0 Å². The molecular formula is C38H43N3O5. The van der Waals surface area contributed by atoms with Crippen LogP contribution in [0.4, 0.5) is 0 Å². The van der Waals surface area contributed by atoms with Gasteiger partial charge in [0.05, 0.1) is 5.56 Å². The summed E-state index contributed by atoms with van der Waals surface area (Å²) in [7, 11) is 0. The number of aromatic amines is 1. The normalized spacial score (nSPS) is 22.2. The Balaban J connectivity index is 1.39. The molecule has 0 unspecified atom stereocenters. The smallest absolute Gasteiger partial charge is 0.268 e. The SMILES string of the molecule is C=CC(C)(C)c1[nH]c2ccccc2c1/C=C1\NC(=O)[C@@]2(C[C@@H](CCc3c(O)cc(CC=C(C)C)c(O)c3C=O)C=C[C@H]2C)NC1=O. The van der Waals surface area contributed by atoms with Gasteiger partial charge >= 0.3 is 0 Å². The third-order valence-corrected chi connectivity index (χ3v) is 9.58. The molecule has 2 aromatic carbocycles. The lowest BCUT2D eigenvalue weighted by atomic mass is 9.70. The maximum atomic E-state index is 13.9. The van der Waals surface area contributed by atoms with E-state index in [2.05, 4.69) is 22.2 Å². The summed E-state index contributed by atoms with van der Waals surface area (Å²) in [6.07, 6.45) is 11.6. The third-order valence-electron chi connectivity index (χ3n) is 9.58. The van der Waals surface area contributed by atoms with Gasteiger partial charge in [-0.05, 0) is 63.7 Å².